The summed E-state index contributed by atoms with van der Waals surface area (Å²) in [5, 5.41) is 3.49. The highest BCUT2D eigenvalue weighted by molar-refractivity contribution is 5.15. The number of nitrogens with one attached hydrogen (secondary N) is 1. The van der Waals surface area contributed by atoms with Crippen molar-refractivity contribution in [2.75, 3.05) is 6.61 Å². The molecule has 0 radical (unpaired) electrons. The smallest absolute Gasteiger partial charge is 0.0716 e. The zero-order valence-electron chi connectivity index (χ0n) is 12.4. The van der Waals surface area contributed by atoms with E-state index in [1.807, 2.05) is 30.3 Å². The van der Waals surface area contributed by atoms with Gasteiger partial charge in [0.25, 0.3) is 0 Å². The number of hydrogen-bond acceptors (Lipinski definition) is 2. The average molecular weight is 281 g/mol. The first-order valence-electron chi connectivity index (χ1n) is 7.40. The van der Waals surface area contributed by atoms with Crippen molar-refractivity contribution in [3.63, 3.8) is 0 Å². The Labute approximate surface area is 127 Å². The Balaban J connectivity index is 1.64. The summed E-state index contributed by atoms with van der Waals surface area (Å²) < 4.78 is 5.72. The lowest BCUT2D eigenvalue weighted by molar-refractivity contribution is 0.114. The standard InChI is InChI=1S/C19H23NO/c1-2-19(20-15-17-9-5-3-6-10-17)13-14-21-16-18-11-7-4-8-12-18/h2-12,19-20H,1,13-16H2/t19-/m0/s1. The first-order chi connectivity index (χ1) is 10.4. The number of rotatable bonds is 9. The molecule has 2 nitrogen and oxygen atoms in total. The molecule has 0 aliphatic rings. The van der Waals surface area contributed by atoms with Crippen molar-refractivity contribution in [1.82, 2.24) is 5.32 Å². The van der Waals surface area contributed by atoms with Crippen LogP contribution in [0.1, 0.15) is 17.5 Å². The summed E-state index contributed by atoms with van der Waals surface area (Å²) in [5.74, 6) is 0. The van der Waals surface area contributed by atoms with Crippen molar-refractivity contribution < 1.29 is 4.74 Å². The van der Waals surface area contributed by atoms with Crippen LogP contribution in [0.25, 0.3) is 0 Å². The lowest BCUT2D eigenvalue weighted by Crippen LogP contribution is -2.27. The molecule has 0 spiro atoms. The molecule has 2 heteroatoms. The van der Waals surface area contributed by atoms with Crippen molar-refractivity contribution in [1.29, 1.82) is 0 Å². The minimum absolute atomic E-state index is 0.279. The molecule has 2 aromatic rings. The Morgan fingerprint density at radius 2 is 1.57 bits per heavy atom. The van der Waals surface area contributed by atoms with E-state index in [1.54, 1.807) is 0 Å². The summed E-state index contributed by atoms with van der Waals surface area (Å²) in [5.41, 5.74) is 2.50. The first-order valence-corrected chi connectivity index (χ1v) is 7.40. The molecule has 0 heterocycles. The van der Waals surface area contributed by atoms with Crippen molar-refractivity contribution in [2.45, 2.75) is 25.6 Å². The maximum Gasteiger partial charge on any atom is 0.0716 e. The molecule has 2 rings (SSSR count). The summed E-state index contributed by atoms with van der Waals surface area (Å²) in [6.07, 6.45) is 2.89. The van der Waals surface area contributed by atoms with Crippen LogP contribution < -0.4 is 5.32 Å². The van der Waals surface area contributed by atoms with Gasteiger partial charge >= 0.3 is 0 Å². The molecule has 110 valence electrons. The van der Waals surface area contributed by atoms with E-state index in [0.717, 1.165) is 19.6 Å². The summed E-state index contributed by atoms with van der Waals surface area (Å²) in [4.78, 5) is 0. The highest BCUT2D eigenvalue weighted by atomic mass is 16.5. The Kier molecular flexibility index (Phi) is 6.72. The monoisotopic (exact) mass is 281 g/mol. The third-order valence-electron chi connectivity index (χ3n) is 3.38. The van der Waals surface area contributed by atoms with Gasteiger partial charge < -0.3 is 10.1 Å². The molecule has 21 heavy (non-hydrogen) atoms. The van der Waals surface area contributed by atoms with Gasteiger partial charge in [-0.25, -0.2) is 0 Å². The second-order valence-electron chi connectivity index (χ2n) is 5.04. The third-order valence-corrected chi connectivity index (χ3v) is 3.38. The predicted octanol–water partition coefficient (Wildman–Crippen LogP) is 3.94. The van der Waals surface area contributed by atoms with E-state index in [1.165, 1.54) is 11.1 Å². The van der Waals surface area contributed by atoms with Gasteiger partial charge in [0.2, 0.25) is 0 Å². The van der Waals surface area contributed by atoms with Crippen molar-refractivity contribution in [3.05, 3.63) is 84.4 Å². The van der Waals surface area contributed by atoms with Gasteiger partial charge in [0.15, 0.2) is 0 Å². The minimum Gasteiger partial charge on any atom is -0.377 e. The molecular weight excluding hydrogens is 258 g/mol. The topological polar surface area (TPSA) is 21.3 Å². The van der Waals surface area contributed by atoms with Gasteiger partial charge in [-0.05, 0) is 17.5 Å². The van der Waals surface area contributed by atoms with Gasteiger partial charge in [0, 0.05) is 19.2 Å². The van der Waals surface area contributed by atoms with E-state index in [0.29, 0.717) is 6.61 Å². The van der Waals surface area contributed by atoms with Crippen LogP contribution in [-0.4, -0.2) is 12.6 Å². The zero-order valence-corrected chi connectivity index (χ0v) is 12.4. The molecule has 0 fully saturated rings. The normalized spacial score (nSPS) is 12.0. The van der Waals surface area contributed by atoms with E-state index in [4.69, 9.17) is 4.74 Å². The third kappa shape index (κ3) is 5.94. The number of ether oxygens (including phenoxy) is 1. The summed E-state index contributed by atoms with van der Waals surface area (Å²) in [6, 6.07) is 20.9. The highest BCUT2D eigenvalue weighted by Gasteiger charge is 2.03. The fourth-order valence-electron chi connectivity index (χ4n) is 2.12. The van der Waals surface area contributed by atoms with Crippen LogP contribution in [0, 0.1) is 0 Å². The predicted molar refractivity (Wildman–Crippen MR) is 88.0 cm³/mol. The number of benzene rings is 2. The maximum absolute atomic E-state index is 5.72. The van der Waals surface area contributed by atoms with Gasteiger partial charge in [-0.15, -0.1) is 6.58 Å². The SMILES string of the molecule is C=C[C@@H](CCOCc1ccccc1)NCc1ccccc1. The molecule has 1 atom stereocenters. The molecule has 0 amide bonds. The molecule has 0 bridgehead atoms. The zero-order chi connectivity index (χ0) is 14.8. The molecular formula is C19H23NO. The van der Waals surface area contributed by atoms with Gasteiger partial charge in [-0.1, -0.05) is 66.7 Å². The highest BCUT2D eigenvalue weighted by Crippen LogP contribution is 2.04. The Morgan fingerprint density at radius 1 is 0.952 bits per heavy atom. The van der Waals surface area contributed by atoms with Crippen LogP contribution in [0.15, 0.2) is 73.3 Å². The molecule has 1 N–H and O–H groups in total. The van der Waals surface area contributed by atoms with Gasteiger partial charge in [-0.3, -0.25) is 0 Å². The van der Waals surface area contributed by atoms with E-state index >= 15 is 0 Å². The maximum atomic E-state index is 5.72. The largest absolute Gasteiger partial charge is 0.377 e. The second-order valence-corrected chi connectivity index (χ2v) is 5.04. The fourth-order valence-corrected chi connectivity index (χ4v) is 2.12. The fraction of sp³-hybridized carbons (Fsp3) is 0.263. The molecule has 0 aliphatic heterocycles. The molecule has 0 aliphatic carbocycles. The lowest BCUT2D eigenvalue weighted by Gasteiger charge is -2.15. The summed E-state index contributed by atoms with van der Waals surface area (Å²) in [7, 11) is 0. The van der Waals surface area contributed by atoms with Crippen LogP contribution >= 0.6 is 0 Å². The Bertz CT molecular complexity index is 510. The number of hydrogen-bond donors (Lipinski definition) is 1. The second kappa shape index (κ2) is 9.11. The van der Waals surface area contributed by atoms with Crippen LogP contribution in [0.2, 0.25) is 0 Å². The molecule has 2 aromatic carbocycles. The first kappa shape index (κ1) is 15.5. The molecule has 0 unspecified atom stereocenters. The summed E-state index contributed by atoms with van der Waals surface area (Å²) in [6.45, 7) is 6.15. The quantitative estimate of drug-likeness (QED) is 0.555. The van der Waals surface area contributed by atoms with Gasteiger partial charge in [-0.2, -0.15) is 0 Å². The van der Waals surface area contributed by atoms with Crippen molar-refractivity contribution in [3.8, 4) is 0 Å². The van der Waals surface area contributed by atoms with Crippen LogP contribution in [-0.2, 0) is 17.9 Å². The van der Waals surface area contributed by atoms with E-state index in [9.17, 15) is 0 Å². The van der Waals surface area contributed by atoms with E-state index in [-0.39, 0.29) is 6.04 Å². The van der Waals surface area contributed by atoms with Crippen LogP contribution in [0.4, 0.5) is 0 Å². The minimum atomic E-state index is 0.279. The van der Waals surface area contributed by atoms with E-state index < -0.39 is 0 Å². The molecule has 0 saturated carbocycles. The average Bonchev–Trinajstić information content (AvgIpc) is 2.56. The lowest BCUT2D eigenvalue weighted by atomic mass is 10.1. The van der Waals surface area contributed by atoms with Gasteiger partial charge in [0.05, 0.1) is 6.61 Å². The molecule has 0 saturated heterocycles. The van der Waals surface area contributed by atoms with Crippen LogP contribution in [0.3, 0.4) is 0 Å². The Hall–Kier alpha value is -1.90. The Morgan fingerprint density at radius 3 is 2.19 bits per heavy atom. The van der Waals surface area contributed by atoms with E-state index in [2.05, 4.69) is 48.3 Å². The van der Waals surface area contributed by atoms with Gasteiger partial charge in [0.1, 0.15) is 0 Å². The molecule has 0 aromatic heterocycles. The summed E-state index contributed by atoms with van der Waals surface area (Å²) >= 11 is 0. The van der Waals surface area contributed by atoms with Crippen molar-refractivity contribution in [2.24, 2.45) is 0 Å². The van der Waals surface area contributed by atoms with Crippen molar-refractivity contribution >= 4 is 0 Å². The van der Waals surface area contributed by atoms with Crippen LogP contribution in [0.5, 0.6) is 0 Å².